The van der Waals surface area contributed by atoms with Crippen molar-refractivity contribution < 1.29 is 0 Å². The van der Waals surface area contributed by atoms with Crippen LogP contribution in [-0.2, 0) is 6.42 Å². The van der Waals surface area contributed by atoms with Crippen molar-refractivity contribution in [2.45, 2.75) is 6.42 Å². The smallest absolute Gasteiger partial charge is 0.201 e. The van der Waals surface area contributed by atoms with Crippen LogP contribution in [0, 0.1) is 4.91 Å². The summed E-state index contributed by atoms with van der Waals surface area (Å²) in [6.45, 7) is 0. The maximum absolute atomic E-state index is 11.2. The van der Waals surface area contributed by atoms with Gasteiger partial charge in [-0.25, -0.2) is 16.4 Å². The highest BCUT2D eigenvalue weighted by molar-refractivity contribution is 6.31. The number of pyridine rings is 1. The summed E-state index contributed by atoms with van der Waals surface area (Å²) in [5, 5.41) is 11.8. The molecule has 5 N–H and O–H groups in total. The molecule has 0 aliphatic rings. The third kappa shape index (κ3) is 3.68. The van der Waals surface area contributed by atoms with Crippen molar-refractivity contribution in [2.24, 2.45) is 21.9 Å². The fraction of sp³-hybridized carbons (Fsp3) is 0.0625. The minimum absolute atomic E-state index is 0.115. The first-order chi connectivity index (χ1) is 12.6. The minimum Gasteiger partial charge on any atom is -0.382 e. The van der Waals surface area contributed by atoms with Gasteiger partial charge < -0.3 is 5.73 Å². The first-order valence-electron chi connectivity index (χ1n) is 7.53. The van der Waals surface area contributed by atoms with E-state index in [9.17, 15) is 4.91 Å². The Morgan fingerprint density at radius 1 is 1.27 bits per heavy atom. The Bertz CT molecular complexity index is 968. The molecule has 1 aromatic carbocycles. The van der Waals surface area contributed by atoms with Crippen LogP contribution < -0.4 is 17.1 Å². The van der Waals surface area contributed by atoms with Crippen LogP contribution in [0.15, 0.2) is 58.9 Å². The second-order valence-corrected chi connectivity index (χ2v) is 5.70. The number of nitrogens with one attached hydrogen (secondary N) is 1. The lowest BCUT2D eigenvalue weighted by Crippen LogP contribution is -2.23. The predicted molar refractivity (Wildman–Crippen MR) is 99.1 cm³/mol. The number of nitroso groups, excluding NO2 is 1. The van der Waals surface area contributed by atoms with Crippen molar-refractivity contribution in [1.82, 2.24) is 20.3 Å². The molecule has 0 amide bonds. The van der Waals surface area contributed by atoms with E-state index in [0.717, 1.165) is 5.56 Å². The SMILES string of the molecule is NN/N=C(\N)c1ccnc(-n2nc(Cc3ccccc3Cl)cc2N=O)c1. The summed E-state index contributed by atoms with van der Waals surface area (Å²) < 4.78 is 1.34. The maximum Gasteiger partial charge on any atom is 0.201 e. The van der Waals surface area contributed by atoms with Gasteiger partial charge in [-0.05, 0) is 28.9 Å². The number of nitrogens with zero attached hydrogens (tertiary/aromatic N) is 5. The van der Waals surface area contributed by atoms with E-state index in [0.29, 0.717) is 28.5 Å². The van der Waals surface area contributed by atoms with Gasteiger partial charge in [-0.2, -0.15) is 9.78 Å². The van der Waals surface area contributed by atoms with Crippen molar-refractivity contribution in [3.63, 3.8) is 0 Å². The van der Waals surface area contributed by atoms with Crippen molar-refractivity contribution >= 4 is 23.3 Å². The number of hydrogen-bond donors (Lipinski definition) is 3. The molecule has 0 aliphatic heterocycles. The number of hydrazine groups is 1. The van der Waals surface area contributed by atoms with Crippen LogP contribution in [0.25, 0.3) is 5.82 Å². The van der Waals surface area contributed by atoms with Gasteiger partial charge in [-0.15, -0.1) is 10.0 Å². The zero-order chi connectivity index (χ0) is 18.5. The summed E-state index contributed by atoms with van der Waals surface area (Å²) in [5.41, 5.74) is 10.0. The minimum atomic E-state index is 0.115. The zero-order valence-electron chi connectivity index (χ0n) is 13.5. The molecule has 2 aromatic heterocycles. The molecule has 0 saturated carbocycles. The molecule has 10 heteroatoms. The third-order valence-electron chi connectivity index (χ3n) is 3.61. The lowest BCUT2D eigenvalue weighted by Gasteiger charge is -2.05. The number of amidine groups is 1. The van der Waals surface area contributed by atoms with Gasteiger partial charge in [0.1, 0.15) is 0 Å². The van der Waals surface area contributed by atoms with Gasteiger partial charge >= 0.3 is 0 Å². The number of nitrogens with two attached hydrogens (primary N) is 2. The van der Waals surface area contributed by atoms with Gasteiger partial charge in [-0.3, -0.25) is 0 Å². The van der Waals surface area contributed by atoms with Gasteiger partial charge in [-0.1, -0.05) is 29.8 Å². The van der Waals surface area contributed by atoms with Gasteiger partial charge in [0.25, 0.3) is 0 Å². The molecule has 3 aromatic rings. The van der Waals surface area contributed by atoms with Crippen LogP contribution in [0.1, 0.15) is 16.8 Å². The number of hydrogen-bond acceptors (Lipinski definition) is 7. The zero-order valence-corrected chi connectivity index (χ0v) is 14.3. The fourth-order valence-corrected chi connectivity index (χ4v) is 2.61. The summed E-state index contributed by atoms with van der Waals surface area (Å²) >= 11 is 6.18. The van der Waals surface area contributed by atoms with Crippen LogP contribution in [0.2, 0.25) is 5.02 Å². The number of benzene rings is 1. The Labute approximate surface area is 153 Å². The van der Waals surface area contributed by atoms with Gasteiger partial charge in [0.05, 0.1) is 5.69 Å². The fourth-order valence-electron chi connectivity index (χ4n) is 2.40. The van der Waals surface area contributed by atoms with Crippen LogP contribution >= 0.6 is 11.6 Å². The predicted octanol–water partition coefficient (Wildman–Crippen LogP) is 1.99. The summed E-state index contributed by atoms with van der Waals surface area (Å²) in [6.07, 6.45) is 1.98. The number of hydrazone groups is 1. The second kappa shape index (κ2) is 7.72. The average Bonchev–Trinajstić information content (AvgIpc) is 3.07. The molecule has 0 saturated heterocycles. The monoisotopic (exact) mass is 370 g/mol. The Kier molecular flexibility index (Phi) is 5.20. The Balaban J connectivity index is 1.97. The second-order valence-electron chi connectivity index (χ2n) is 5.29. The number of aromatic nitrogens is 3. The lowest BCUT2D eigenvalue weighted by molar-refractivity contribution is 0.802. The molecule has 0 spiro atoms. The summed E-state index contributed by atoms with van der Waals surface area (Å²) in [6, 6.07) is 12.3. The van der Waals surface area contributed by atoms with E-state index in [2.05, 4.69) is 25.9 Å². The molecule has 0 bridgehead atoms. The quantitative estimate of drug-likeness (QED) is 0.199. The molecule has 0 radical (unpaired) electrons. The molecule has 132 valence electrons. The third-order valence-corrected chi connectivity index (χ3v) is 3.98. The largest absolute Gasteiger partial charge is 0.382 e. The van der Waals surface area contributed by atoms with Crippen LogP contribution in [0.5, 0.6) is 0 Å². The molecule has 3 rings (SSSR count). The van der Waals surface area contributed by atoms with Crippen molar-refractivity contribution in [2.75, 3.05) is 0 Å². The number of rotatable bonds is 6. The standard InChI is InChI=1S/C16H15ClN8O/c17-13-4-2-1-3-10(13)7-12-9-15(23-26)25(22-12)14-8-11(5-6-20-14)16(18)21-24-19/h1-6,8-9,24H,7,19H2,(H2,18,21). The highest BCUT2D eigenvalue weighted by Gasteiger charge is 2.14. The number of halogens is 1. The van der Waals surface area contributed by atoms with Gasteiger partial charge in [0, 0.05) is 29.3 Å². The maximum atomic E-state index is 11.2. The molecule has 0 unspecified atom stereocenters. The van der Waals surface area contributed by atoms with Crippen molar-refractivity contribution in [3.8, 4) is 5.82 Å². The molecular weight excluding hydrogens is 356 g/mol. The molecule has 26 heavy (non-hydrogen) atoms. The van der Waals surface area contributed by atoms with Crippen LogP contribution in [0.3, 0.4) is 0 Å². The topological polar surface area (TPSA) is 137 Å². The first kappa shape index (κ1) is 17.5. The van der Waals surface area contributed by atoms with E-state index in [4.69, 9.17) is 23.2 Å². The summed E-state index contributed by atoms with van der Waals surface area (Å²) in [4.78, 5) is 15.4. The van der Waals surface area contributed by atoms with Gasteiger partial charge in [0.2, 0.25) is 5.82 Å². The molecule has 2 heterocycles. The molecule has 0 fully saturated rings. The normalized spacial score (nSPS) is 11.4. The van der Waals surface area contributed by atoms with Crippen molar-refractivity contribution in [3.05, 3.63) is 75.4 Å². The van der Waals surface area contributed by atoms with E-state index < -0.39 is 0 Å². The van der Waals surface area contributed by atoms with E-state index in [1.54, 1.807) is 24.3 Å². The van der Waals surface area contributed by atoms with Crippen molar-refractivity contribution in [1.29, 1.82) is 0 Å². The first-order valence-corrected chi connectivity index (χ1v) is 7.91. The van der Waals surface area contributed by atoms with Crippen LogP contribution in [0.4, 0.5) is 5.82 Å². The highest BCUT2D eigenvalue weighted by atomic mass is 35.5. The Morgan fingerprint density at radius 2 is 2.08 bits per heavy atom. The Hall–Kier alpha value is -3.30. The highest BCUT2D eigenvalue weighted by Crippen LogP contribution is 2.23. The summed E-state index contributed by atoms with van der Waals surface area (Å²) in [5.74, 6) is 5.79. The van der Waals surface area contributed by atoms with E-state index in [1.807, 2.05) is 18.2 Å². The molecule has 9 nitrogen and oxygen atoms in total. The Morgan fingerprint density at radius 3 is 2.81 bits per heavy atom. The van der Waals surface area contributed by atoms with E-state index >= 15 is 0 Å². The van der Waals surface area contributed by atoms with Crippen LogP contribution in [-0.4, -0.2) is 20.6 Å². The average molecular weight is 371 g/mol. The molecular formula is C16H15ClN8O. The molecule has 0 atom stereocenters. The van der Waals surface area contributed by atoms with Gasteiger partial charge in [0.15, 0.2) is 11.7 Å². The summed E-state index contributed by atoms with van der Waals surface area (Å²) in [7, 11) is 0. The van der Waals surface area contributed by atoms with E-state index in [-0.39, 0.29) is 11.7 Å². The lowest BCUT2D eigenvalue weighted by atomic mass is 10.1. The van der Waals surface area contributed by atoms with E-state index in [1.165, 1.54) is 10.9 Å². The molecule has 0 aliphatic carbocycles.